The van der Waals surface area contributed by atoms with Crippen LogP contribution in [0.3, 0.4) is 0 Å². The number of hydrazone groups is 1. The molecule has 0 aromatic heterocycles. The van der Waals surface area contributed by atoms with E-state index in [1.54, 1.807) is 7.11 Å². The van der Waals surface area contributed by atoms with E-state index in [1.807, 2.05) is 112 Å². The third-order valence-corrected chi connectivity index (χ3v) is 7.43. The predicted molar refractivity (Wildman–Crippen MR) is 148 cm³/mol. The fourth-order valence-electron chi connectivity index (χ4n) is 5.74. The van der Waals surface area contributed by atoms with Crippen molar-refractivity contribution >= 4 is 29.2 Å². The Morgan fingerprint density at radius 3 is 2.14 bits per heavy atom. The lowest BCUT2D eigenvalue weighted by Gasteiger charge is -2.35. The zero-order valence-electron chi connectivity index (χ0n) is 21.7. The molecule has 1 aliphatic carbocycles. The lowest BCUT2D eigenvalue weighted by Crippen LogP contribution is -2.51. The fraction of sp³-hybridized carbons (Fsp3) is 0.281. The van der Waals surface area contributed by atoms with Crippen LogP contribution >= 0.6 is 0 Å². The number of carbonyl (C=O) groups excluding carboxylic acids is 2. The van der Waals surface area contributed by atoms with Gasteiger partial charge in [-0.3, -0.25) is 9.59 Å². The first-order chi connectivity index (χ1) is 17.8. The Bertz CT molecular complexity index is 1350. The van der Waals surface area contributed by atoms with Crippen molar-refractivity contribution in [3.8, 4) is 5.75 Å². The summed E-state index contributed by atoms with van der Waals surface area (Å²) in [5.74, 6) is -0.165. The molecule has 1 amide bonds. The van der Waals surface area contributed by atoms with Gasteiger partial charge in [-0.25, -0.2) is 0 Å². The second kappa shape index (κ2) is 9.47. The van der Waals surface area contributed by atoms with Gasteiger partial charge in [0.1, 0.15) is 5.75 Å². The van der Waals surface area contributed by atoms with Gasteiger partial charge in [-0.15, -0.1) is 0 Å². The van der Waals surface area contributed by atoms with Crippen molar-refractivity contribution in [2.24, 2.45) is 21.8 Å². The number of hydrogen-bond donors (Lipinski definition) is 0. The van der Waals surface area contributed by atoms with Crippen LogP contribution in [-0.4, -0.2) is 24.5 Å². The summed E-state index contributed by atoms with van der Waals surface area (Å²) in [5.41, 5.74) is 1.44. The Labute approximate surface area is 218 Å². The number of carbonyl (C=O) groups is 2. The van der Waals surface area contributed by atoms with E-state index in [9.17, 15) is 9.59 Å². The molecule has 3 aromatic carbocycles. The quantitative estimate of drug-likeness (QED) is 0.381. The molecule has 0 bridgehead atoms. The molecule has 37 heavy (non-hydrogen) atoms. The molecule has 1 aliphatic heterocycles. The number of rotatable bonds is 5. The summed E-state index contributed by atoms with van der Waals surface area (Å²) in [6.07, 6.45) is 4.35. The van der Waals surface area contributed by atoms with Gasteiger partial charge < -0.3 is 4.74 Å². The van der Waals surface area contributed by atoms with Crippen molar-refractivity contribution in [2.75, 3.05) is 12.1 Å². The number of allylic oxidation sites excluding steroid dienone is 1. The van der Waals surface area contributed by atoms with Crippen LogP contribution in [0.4, 0.5) is 5.69 Å². The van der Waals surface area contributed by atoms with Crippen LogP contribution in [0.15, 0.2) is 96.1 Å². The van der Waals surface area contributed by atoms with Gasteiger partial charge in [-0.2, -0.15) is 10.1 Å². The van der Waals surface area contributed by atoms with E-state index >= 15 is 0 Å². The molecule has 3 atom stereocenters. The van der Waals surface area contributed by atoms with Gasteiger partial charge in [-0.1, -0.05) is 93.6 Å². The van der Waals surface area contributed by atoms with Crippen LogP contribution in [0.25, 0.3) is 6.08 Å². The Morgan fingerprint density at radius 2 is 1.54 bits per heavy atom. The van der Waals surface area contributed by atoms with E-state index in [2.05, 4.69) is 6.08 Å². The largest absolute Gasteiger partial charge is 0.497 e. The molecular weight excluding hydrogens is 460 g/mol. The monoisotopic (exact) mass is 492 g/mol. The summed E-state index contributed by atoms with van der Waals surface area (Å²) in [6.45, 7) is 6.09. The number of anilines is 1. The molecule has 1 heterocycles. The van der Waals surface area contributed by atoms with Gasteiger partial charge >= 0.3 is 0 Å². The minimum absolute atomic E-state index is 0.0758. The zero-order valence-corrected chi connectivity index (χ0v) is 21.7. The van der Waals surface area contributed by atoms with Gasteiger partial charge in [0.2, 0.25) is 0 Å². The first-order valence-electron chi connectivity index (χ1n) is 12.7. The Hall–Kier alpha value is -3.99. The number of ketones is 1. The zero-order chi connectivity index (χ0) is 26.2. The summed E-state index contributed by atoms with van der Waals surface area (Å²) in [5, 5.41) is 6.33. The minimum Gasteiger partial charge on any atom is -0.497 e. The lowest BCUT2D eigenvalue weighted by molar-refractivity contribution is -0.134. The van der Waals surface area contributed by atoms with Crippen LogP contribution in [0, 0.1) is 16.7 Å². The normalized spacial score (nSPS) is 23.8. The molecule has 0 radical (unpaired) electrons. The van der Waals surface area contributed by atoms with Crippen LogP contribution in [0.2, 0.25) is 0 Å². The highest BCUT2D eigenvalue weighted by atomic mass is 16.5. The molecule has 2 aliphatic rings. The standard InChI is InChI=1S/C32H32N2O3/c1-31(2,3)29-32(30(36)34(33-29)24-13-9-6-10-14-24)27(20-15-22-11-7-5-8-12-22)26(21-28(32)35)23-16-18-25(37-4)19-17-23/h5-20,26-27H,21H2,1-4H3/b20-15+/t26-,27-,32-/m1/s1. The Kier molecular flexibility index (Phi) is 6.32. The van der Waals surface area contributed by atoms with Gasteiger partial charge in [0.15, 0.2) is 11.2 Å². The molecular formula is C32H32N2O3. The second-order valence-corrected chi connectivity index (χ2v) is 10.8. The van der Waals surface area contributed by atoms with Crippen LogP contribution in [-0.2, 0) is 9.59 Å². The number of para-hydroxylation sites is 1. The van der Waals surface area contributed by atoms with Crippen molar-refractivity contribution in [3.05, 3.63) is 102 Å². The molecule has 5 rings (SSSR count). The number of Topliss-reactive ketones (excluding diaryl/α,β-unsaturated/α-hetero) is 1. The van der Waals surface area contributed by atoms with Gasteiger partial charge in [-0.05, 0) is 41.3 Å². The maximum Gasteiger partial charge on any atom is 0.267 e. The lowest BCUT2D eigenvalue weighted by atomic mass is 9.63. The molecule has 5 heteroatoms. The highest BCUT2D eigenvalue weighted by molar-refractivity contribution is 6.34. The van der Waals surface area contributed by atoms with Gasteiger partial charge in [0, 0.05) is 17.8 Å². The maximum absolute atomic E-state index is 14.4. The molecule has 188 valence electrons. The summed E-state index contributed by atoms with van der Waals surface area (Å²) in [6, 6.07) is 27.2. The Morgan fingerprint density at radius 1 is 0.919 bits per heavy atom. The summed E-state index contributed by atoms with van der Waals surface area (Å²) < 4.78 is 5.36. The van der Waals surface area contributed by atoms with E-state index in [-0.39, 0.29) is 24.0 Å². The Balaban J connectivity index is 1.69. The third kappa shape index (κ3) is 4.18. The van der Waals surface area contributed by atoms with Crippen LogP contribution < -0.4 is 9.75 Å². The van der Waals surface area contributed by atoms with E-state index in [0.717, 1.165) is 16.9 Å². The number of amides is 1. The fourth-order valence-corrected chi connectivity index (χ4v) is 5.74. The highest BCUT2D eigenvalue weighted by Gasteiger charge is 2.67. The van der Waals surface area contributed by atoms with E-state index in [4.69, 9.17) is 9.84 Å². The number of methoxy groups -OCH3 is 1. The van der Waals surface area contributed by atoms with E-state index in [1.165, 1.54) is 5.01 Å². The van der Waals surface area contributed by atoms with Crippen LogP contribution in [0.5, 0.6) is 5.75 Å². The van der Waals surface area contributed by atoms with E-state index < -0.39 is 16.7 Å². The van der Waals surface area contributed by atoms with Gasteiger partial charge in [0.05, 0.1) is 18.5 Å². The van der Waals surface area contributed by atoms with E-state index in [0.29, 0.717) is 11.4 Å². The van der Waals surface area contributed by atoms with Crippen molar-refractivity contribution < 1.29 is 14.3 Å². The number of hydrogen-bond acceptors (Lipinski definition) is 4. The number of nitrogens with zero attached hydrogens (tertiary/aromatic N) is 2. The van der Waals surface area contributed by atoms with Gasteiger partial charge in [0.25, 0.3) is 5.91 Å². The minimum atomic E-state index is -1.37. The highest BCUT2D eigenvalue weighted by Crippen LogP contribution is 2.57. The predicted octanol–water partition coefficient (Wildman–Crippen LogP) is 6.52. The SMILES string of the molecule is COc1ccc([C@H]2CC(=O)[C@]3(C(=O)N(c4ccccc4)N=C3C(C)(C)C)[C@@H]2/C=C/c2ccccc2)cc1. The molecule has 1 fully saturated rings. The molecule has 5 nitrogen and oxygen atoms in total. The molecule has 3 aromatic rings. The molecule has 1 spiro atoms. The molecule has 0 unspecified atom stereocenters. The molecule has 0 N–H and O–H groups in total. The number of ether oxygens (including phenoxy) is 1. The second-order valence-electron chi connectivity index (χ2n) is 10.8. The first kappa shape index (κ1) is 24.7. The maximum atomic E-state index is 14.4. The number of benzene rings is 3. The van der Waals surface area contributed by atoms with Crippen molar-refractivity contribution in [1.82, 2.24) is 0 Å². The van der Waals surface area contributed by atoms with Crippen molar-refractivity contribution in [1.29, 1.82) is 0 Å². The average molecular weight is 493 g/mol. The molecule has 0 saturated heterocycles. The summed E-state index contributed by atoms with van der Waals surface area (Å²) >= 11 is 0. The average Bonchev–Trinajstić information content (AvgIpc) is 3.38. The van der Waals surface area contributed by atoms with Crippen LogP contribution in [0.1, 0.15) is 44.2 Å². The van der Waals surface area contributed by atoms with Crippen molar-refractivity contribution in [2.45, 2.75) is 33.1 Å². The topological polar surface area (TPSA) is 59.0 Å². The summed E-state index contributed by atoms with van der Waals surface area (Å²) in [7, 11) is 1.63. The first-order valence-corrected chi connectivity index (χ1v) is 12.7. The molecule has 1 saturated carbocycles. The third-order valence-electron chi connectivity index (χ3n) is 7.43. The summed E-state index contributed by atoms with van der Waals surface area (Å²) in [4.78, 5) is 28.6. The van der Waals surface area contributed by atoms with Crippen molar-refractivity contribution in [3.63, 3.8) is 0 Å². The smallest absolute Gasteiger partial charge is 0.267 e.